The van der Waals surface area contributed by atoms with Crippen LogP contribution in [0.4, 0.5) is 0 Å². The molecular formula is C27H49N7O6. The molecule has 5 atom stereocenters. The third-order valence-corrected chi connectivity index (χ3v) is 7.76. The lowest BCUT2D eigenvalue weighted by molar-refractivity contribution is -0.150. The van der Waals surface area contributed by atoms with Crippen molar-refractivity contribution in [3.63, 3.8) is 0 Å². The van der Waals surface area contributed by atoms with Crippen LogP contribution >= 0.6 is 0 Å². The molecular weight excluding hydrogens is 518 g/mol. The number of aliphatic carboxylic acids is 1. The van der Waals surface area contributed by atoms with E-state index in [2.05, 4.69) is 10.6 Å². The molecule has 13 heteroatoms. The Kier molecular flexibility index (Phi) is 13.8. The zero-order valence-corrected chi connectivity index (χ0v) is 24.0. The summed E-state index contributed by atoms with van der Waals surface area (Å²) >= 11 is 0. The van der Waals surface area contributed by atoms with Crippen LogP contribution in [0.5, 0.6) is 0 Å². The number of amides is 4. The molecule has 13 nitrogen and oxygen atoms in total. The minimum atomic E-state index is -1.06. The number of unbranched alkanes of at least 4 members (excludes halogenated alkanes) is 2. The average molecular weight is 568 g/mol. The summed E-state index contributed by atoms with van der Waals surface area (Å²) in [7, 11) is 0. The van der Waals surface area contributed by atoms with Gasteiger partial charge >= 0.3 is 5.97 Å². The Hall–Kier alpha value is -2.77. The van der Waals surface area contributed by atoms with Crippen molar-refractivity contribution >= 4 is 29.6 Å². The number of nitrogens with zero attached hydrogens (tertiary/aromatic N) is 2. The van der Waals surface area contributed by atoms with E-state index in [9.17, 15) is 29.1 Å². The molecule has 0 unspecified atom stereocenters. The van der Waals surface area contributed by atoms with Crippen molar-refractivity contribution in [2.75, 3.05) is 26.2 Å². The van der Waals surface area contributed by atoms with Crippen LogP contribution in [0.25, 0.3) is 0 Å². The minimum Gasteiger partial charge on any atom is -0.480 e. The van der Waals surface area contributed by atoms with E-state index in [0.29, 0.717) is 84.0 Å². The number of carboxylic acid groups (broad SMARTS) is 1. The van der Waals surface area contributed by atoms with Crippen LogP contribution in [0.15, 0.2) is 0 Å². The zero-order valence-electron chi connectivity index (χ0n) is 24.0. The van der Waals surface area contributed by atoms with Crippen molar-refractivity contribution in [1.29, 1.82) is 0 Å². The number of hydrogen-bond donors (Lipinski definition) is 6. The van der Waals surface area contributed by atoms with Gasteiger partial charge in [0.05, 0.1) is 6.04 Å². The van der Waals surface area contributed by atoms with Gasteiger partial charge < -0.3 is 42.7 Å². The molecule has 40 heavy (non-hydrogen) atoms. The molecule has 2 aliphatic heterocycles. The first-order valence-electron chi connectivity index (χ1n) is 14.6. The van der Waals surface area contributed by atoms with E-state index in [1.807, 2.05) is 0 Å². The van der Waals surface area contributed by atoms with Gasteiger partial charge in [0.15, 0.2) is 0 Å². The predicted molar refractivity (Wildman–Crippen MR) is 150 cm³/mol. The molecule has 0 aromatic heterocycles. The van der Waals surface area contributed by atoms with Gasteiger partial charge in [0.1, 0.15) is 24.2 Å². The van der Waals surface area contributed by atoms with Crippen LogP contribution in [0.3, 0.4) is 0 Å². The largest absolute Gasteiger partial charge is 0.480 e. The van der Waals surface area contributed by atoms with Gasteiger partial charge in [-0.2, -0.15) is 0 Å². The highest BCUT2D eigenvalue weighted by Gasteiger charge is 2.42. The summed E-state index contributed by atoms with van der Waals surface area (Å²) in [6.45, 7) is 5.19. The van der Waals surface area contributed by atoms with Crippen LogP contribution in [0.2, 0.25) is 0 Å². The first kappa shape index (κ1) is 33.4. The average Bonchev–Trinajstić information content (AvgIpc) is 3.60. The van der Waals surface area contributed by atoms with Gasteiger partial charge in [0.2, 0.25) is 23.6 Å². The van der Waals surface area contributed by atoms with Crippen LogP contribution in [-0.2, 0) is 24.0 Å². The van der Waals surface area contributed by atoms with Gasteiger partial charge in [0.25, 0.3) is 0 Å². The van der Waals surface area contributed by atoms with Crippen molar-refractivity contribution in [3.8, 4) is 0 Å². The quantitative estimate of drug-likeness (QED) is 0.129. The number of carbonyl (C=O) groups excluding carboxylic acids is 4. The predicted octanol–water partition coefficient (Wildman–Crippen LogP) is -0.736. The van der Waals surface area contributed by atoms with E-state index in [-0.39, 0.29) is 11.8 Å². The summed E-state index contributed by atoms with van der Waals surface area (Å²) in [5.41, 5.74) is 17.2. The summed E-state index contributed by atoms with van der Waals surface area (Å²) in [4.78, 5) is 67.6. The lowest BCUT2D eigenvalue weighted by atomic mass is 10.0. The van der Waals surface area contributed by atoms with Crippen molar-refractivity contribution in [2.24, 2.45) is 23.1 Å². The summed E-state index contributed by atoms with van der Waals surface area (Å²) in [6.07, 6.45) is 5.53. The summed E-state index contributed by atoms with van der Waals surface area (Å²) in [5.74, 6) is -3.04. The normalized spacial score (nSPS) is 21.2. The standard InChI is InChI=1S/C27H49N7O6/c1-17(2)22(26(38)34-16-8-12-21(34)27(39)40)32-24(36)20-11-7-15-33(20)25(37)19(10-4-6-14-29)31-23(35)18(30)9-3-5-13-28/h17-22H,3-16,28-30H2,1-2H3,(H,31,35)(H,32,36)(H,39,40)/t18-,19+,20+,21+,22+/m1/s1. The molecule has 0 aliphatic carbocycles. The summed E-state index contributed by atoms with van der Waals surface area (Å²) in [6, 6.07) is -4.25. The Bertz CT molecular complexity index is 885. The number of rotatable bonds is 16. The number of carbonyl (C=O) groups is 5. The van der Waals surface area contributed by atoms with Gasteiger partial charge in [0, 0.05) is 13.1 Å². The SMILES string of the molecule is CC(C)[C@H](NC(=O)[C@@H]1CCCN1C(=O)[C@H](CCCCN)NC(=O)[C@H](N)CCCCN)C(=O)N1CCC[C@H]1C(=O)O. The minimum absolute atomic E-state index is 0.291. The smallest absolute Gasteiger partial charge is 0.326 e. The fraction of sp³-hybridized carbons (Fsp3) is 0.815. The van der Waals surface area contributed by atoms with Gasteiger partial charge in [-0.1, -0.05) is 20.3 Å². The highest BCUT2D eigenvalue weighted by Crippen LogP contribution is 2.23. The molecule has 0 saturated carbocycles. The second-order valence-electron chi connectivity index (χ2n) is 11.2. The lowest BCUT2D eigenvalue weighted by Gasteiger charge is -2.32. The molecule has 0 radical (unpaired) electrons. The van der Waals surface area contributed by atoms with Gasteiger partial charge in [-0.3, -0.25) is 19.2 Å². The molecule has 0 bridgehead atoms. The molecule has 228 valence electrons. The Morgan fingerprint density at radius 2 is 1.38 bits per heavy atom. The first-order valence-corrected chi connectivity index (χ1v) is 14.6. The van der Waals surface area contributed by atoms with Crippen molar-refractivity contribution < 1.29 is 29.1 Å². The highest BCUT2D eigenvalue weighted by atomic mass is 16.4. The van der Waals surface area contributed by atoms with E-state index in [0.717, 1.165) is 6.42 Å². The Labute approximate surface area is 236 Å². The monoisotopic (exact) mass is 567 g/mol. The van der Waals surface area contributed by atoms with E-state index >= 15 is 0 Å². The third-order valence-electron chi connectivity index (χ3n) is 7.76. The van der Waals surface area contributed by atoms with Gasteiger partial charge in [-0.15, -0.1) is 0 Å². The zero-order chi connectivity index (χ0) is 29.8. The highest BCUT2D eigenvalue weighted by molar-refractivity contribution is 5.96. The van der Waals surface area contributed by atoms with E-state index in [1.165, 1.54) is 9.80 Å². The number of nitrogens with one attached hydrogen (secondary N) is 2. The maximum atomic E-state index is 13.7. The first-order chi connectivity index (χ1) is 19.0. The number of hydrogen-bond acceptors (Lipinski definition) is 8. The van der Waals surface area contributed by atoms with Crippen LogP contribution in [-0.4, -0.2) is 101 Å². The molecule has 2 saturated heterocycles. The molecule has 2 fully saturated rings. The fourth-order valence-electron chi connectivity index (χ4n) is 5.40. The maximum absolute atomic E-state index is 13.7. The van der Waals surface area contributed by atoms with Crippen molar-refractivity contribution in [1.82, 2.24) is 20.4 Å². The Balaban J connectivity index is 2.13. The third kappa shape index (κ3) is 9.13. The molecule has 0 aromatic rings. The van der Waals surface area contributed by atoms with Crippen LogP contribution < -0.4 is 27.8 Å². The summed E-state index contributed by atoms with van der Waals surface area (Å²) < 4.78 is 0. The maximum Gasteiger partial charge on any atom is 0.326 e. The van der Waals surface area contributed by atoms with E-state index in [4.69, 9.17) is 17.2 Å². The van der Waals surface area contributed by atoms with E-state index < -0.39 is 53.9 Å². The Morgan fingerprint density at radius 1 is 0.825 bits per heavy atom. The van der Waals surface area contributed by atoms with Crippen molar-refractivity contribution in [2.45, 2.75) is 108 Å². The summed E-state index contributed by atoms with van der Waals surface area (Å²) in [5, 5.41) is 15.1. The second-order valence-corrected chi connectivity index (χ2v) is 11.2. The van der Waals surface area contributed by atoms with Crippen molar-refractivity contribution in [3.05, 3.63) is 0 Å². The topological polar surface area (TPSA) is 214 Å². The molecule has 0 aromatic carbocycles. The molecule has 2 heterocycles. The fourth-order valence-corrected chi connectivity index (χ4v) is 5.40. The molecule has 4 amide bonds. The molecule has 2 aliphatic rings. The van der Waals surface area contributed by atoms with E-state index in [1.54, 1.807) is 13.8 Å². The van der Waals surface area contributed by atoms with Gasteiger partial charge in [-0.25, -0.2) is 4.79 Å². The molecule has 9 N–H and O–H groups in total. The van der Waals surface area contributed by atoms with Crippen LogP contribution in [0, 0.1) is 5.92 Å². The molecule has 2 rings (SSSR count). The van der Waals surface area contributed by atoms with Gasteiger partial charge in [-0.05, 0) is 76.8 Å². The number of nitrogens with two attached hydrogens (primary N) is 3. The second kappa shape index (κ2) is 16.5. The lowest BCUT2D eigenvalue weighted by Crippen LogP contribution is -2.59. The number of likely N-dealkylation sites (tertiary alicyclic amines) is 2. The number of carboxylic acids is 1. The molecule has 0 spiro atoms. The Morgan fingerprint density at radius 3 is 1.93 bits per heavy atom. The van der Waals surface area contributed by atoms with Crippen LogP contribution in [0.1, 0.15) is 78.1 Å².